The summed E-state index contributed by atoms with van der Waals surface area (Å²) in [6.45, 7) is 5.24. The van der Waals surface area contributed by atoms with E-state index in [1.54, 1.807) is 62.4 Å². The van der Waals surface area contributed by atoms with Gasteiger partial charge in [0.1, 0.15) is 4.91 Å². The molecule has 1 aliphatic rings. The van der Waals surface area contributed by atoms with Crippen molar-refractivity contribution in [1.29, 1.82) is 0 Å². The molecule has 0 radical (unpaired) electrons. The van der Waals surface area contributed by atoms with Gasteiger partial charge in [0.2, 0.25) is 15.6 Å². The van der Waals surface area contributed by atoms with Crippen LogP contribution in [0.5, 0.6) is 0 Å². The molecule has 1 aliphatic carbocycles. The molecule has 0 spiro atoms. The van der Waals surface area contributed by atoms with E-state index in [4.69, 9.17) is 0 Å². The summed E-state index contributed by atoms with van der Waals surface area (Å²) >= 11 is 0. The number of sulfone groups is 1. The lowest BCUT2D eigenvalue weighted by Crippen LogP contribution is -2.23. The molecule has 0 N–H and O–H groups in total. The highest BCUT2D eigenvalue weighted by Gasteiger charge is 2.34. The van der Waals surface area contributed by atoms with Gasteiger partial charge in [0.05, 0.1) is 15.5 Å². The van der Waals surface area contributed by atoms with Crippen molar-refractivity contribution < 1.29 is 21.6 Å². The van der Waals surface area contributed by atoms with E-state index in [1.807, 2.05) is 6.92 Å². The van der Waals surface area contributed by atoms with Crippen LogP contribution in [0.3, 0.4) is 0 Å². The lowest BCUT2D eigenvalue weighted by molar-refractivity contribution is 0.104. The fourth-order valence-corrected chi connectivity index (χ4v) is 6.88. The maximum Gasteiger partial charge on any atom is 0.283 e. The van der Waals surface area contributed by atoms with Crippen LogP contribution in [0.15, 0.2) is 91.9 Å². The number of sulfonamides is 1. The summed E-state index contributed by atoms with van der Waals surface area (Å²) in [5, 5.41) is 0. The van der Waals surface area contributed by atoms with Crippen molar-refractivity contribution in [3.05, 3.63) is 106 Å². The van der Waals surface area contributed by atoms with Crippen LogP contribution in [0, 0.1) is 20.8 Å². The smallest absolute Gasteiger partial charge is 0.283 e. The summed E-state index contributed by atoms with van der Waals surface area (Å²) < 4.78 is 57.1. The number of Topliss-reactive ketones (excluding diaryl/α,β-unsaturated/α-hetero) is 1. The van der Waals surface area contributed by atoms with Crippen molar-refractivity contribution in [2.75, 3.05) is 0 Å². The molecular weight excluding hydrogens is 458 g/mol. The molecule has 33 heavy (non-hydrogen) atoms. The minimum absolute atomic E-state index is 0.0589. The number of fused-ring (bicyclic) bond motifs is 1. The van der Waals surface area contributed by atoms with Crippen molar-refractivity contribution >= 4 is 31.4 Å². The predicted octanol–water partition coefficient (Wildman–Crippen LogP) is 4.34. The second kappa shape index (κ2) is 8.20. The third kappa shape index (κ3) is 4.07. The average Bonchev–Trinajstić information content (AvgIpc) is 2.75. The van der Waals surface area contributed by atoms with Gasteiger partial charge in [-0.25, -0.2) is 8.42 Å². The molecule has 4 rings (SSSR count). The summed E-state index contributed by atoms with van der Waals surface area (Å²) in [5.41, 5.74) is 2.25. The number of carbonyl (C=O) groups excluding carboxylic acids is 1. The Hall–Kier alpha value is -3.36. The Morgan fingerprint density at radius 1 is 0.727 bits per heavy atom. The molecule has 8 heteroatoms. The molecule has 168 valence electrons. The van der Waals surface area contributed by atoms with Crippen molar-refractivity contribution in [1.82, 2.24) is 0 Å². The van der Waals surface area contributed by atoms with Crippen LogP contribution in [-0.2, 0) is 19.9 Å². The number of hydrogen-bond acceptors (Lipinski definition) is 5. The predicted molar refractivity (Wildman–Crippen MR) is 127 cm³/mol. The van der Waals surface area contributed by atoms with Gasteiger partial charge >= 0.3 is 0 Å². The van der Waals surface area contributed by atoms with Gasteiger partial charge in [0, 0.05) is 11.1 Å². The monoisotopic (exact) mass is 479 g/mol. The number of aryl methyl sites for hydroxylation is 3. The zero-order chi connectivity index (χ0) is 24.0. The SMILES string of the molecule is Cc1cc(C)c(S(=O)(=O)N=C2C=C(S(=O)(=O)c3ccccc3)C(=O)c3ccccc32)c(C)c1. The van der Waals surface area contributed by atoms with Gasteiger partial charge in [-0.15, -0.1) is 0 Å². The lowest BCUT2D eigenvalue weighted by atomic mass is 9.94. The summed E-state index contributed by atoms with van der Waals surface area (Å²) in [4.78, 5) is 12.6. The Morgan fingerprint density at radius 3 is 1.88 bits per heavy atom. The zero-order valence-electron chi connectivity index (χ0n) is 18.2. The van der Waals surface area contributed by atoms with Crippen LogP contribution in [-0.4, -0.2) is 28.3 Å². The Labute approximate surface area is 193 Å². The molecule has 6 nitrogen and oxygen atoms in total. The van der Waals surface area contributed by atoms with Crippen LogP contribution in [0.2, 0.25) is 0 Å². The molecule has 0 saturated carbocycles. The number of ketones is 1. The van der Waals surface area contributed by atoms with Crippen LogP contribution in [0.1, 0.15) is 32.6 Å². The second-order valence-corrected chi connectivity index (χ2v) is 11.3. The number of rotatable bonds is 4. The fourth-order valence-electron chi connectivity index (χ4n) is 4.06. The van der Waals surface area contributed by atoms with Crippen molar-refractivity contribution in [2.24, 2.45) is 4.40 Å². The number of nitrogens with zero attached hydrogens (tertiary/aromatic N) is 1. The molecule has 0 atom stereocenters. The molecule has 0 saturated heterocycles. The Balaban J connectivity index is 1.97. The summed E-state index contributed by atoms with van der Waals surface area (Å²) in [7, 11) is -8.39. The zero-order valence-corrected chi connectivity index (χ0v) is 19.9. The highest BCUT2D eigenvalue weighted by Crippen LogP contribution is 2.31. The van der Waals surface area contributed by atoms with Crippen molar-refractivity contribution in [3.63, 3.8) is 0 Å². The van der Waals surface area contributed by atoms with E-state index in [0.717, 1.165) is 11.6 Å². The number of hydrogen-bond donors (Lipinski definition) is 0. The Morgan fingerprint density at radius 2 is 1.27 bits per heavy atom. The molecule has 0 unspecified atom stereocenters. The van der Waals surface area contributed by atoms with Crippen LogP contribution in [0.25, 0.3) is 0 Å². The van der Waals surface area contributed by atoms with E-state index in [1.165, 1.54) is 18.2 Å². The Bertz CT molecular complexity index is 1540. The Kier molecular flexibility index (Phi) is 5.67. The molecule has 3 aromatic rings. The summed E-state index contributed by atoms with van der Waals surface area (Å²) in [6.07, 6.45) is 1.06. The summed E-state index contributed by atoms with van der Waals surface area (Å²) in [6, 6.07) is 17.3. The molecule has 0 fully saturated rings. The first-order valence-electron chi connectivity index (χ1n) is 10.1. The van der Waals surface area contributed by atoms with Gasteiger partial charge in [-0.2, -0.15) is 12.8 Å². The van der Waals surface area contributed by atoms with Crippen molar-refractivity contribution in [3.8, 4) is 0 Å². The van der Waals surface area contributed by atoms with E-state index in [2.05, 4.69) is 4.40 Å². The third-order valence-corrected chi connectivity index (χ3v) is 8.74. The molecule has 3 aromatic carbocycles. The summed E-state index contributed by atoms with van der Waals surface area (Å²) in [5.74, 6) is -0.700. The van der Waals surface area contributed by atoms with E-state index in [-0.39, 0.29) is 26.6 Å². The van der Waals surface area contributed by atoms with Crippen LogP contribution >= 0.6 is 0 Å². The van der Waals surface area contributed by atoms with Crippen molar-refractivity contribution in [2.45, 2.75) is 30.6 Å². The minimum Gasteiger partial charge on any atom is -0.288 e. The average molecular weight is 480 g/mol. The van der Waals surface area contributed by atoms with E-state index < -0.39 is 30.5 Å². The van der Waals surface area contributed by atoms with Gasteiger partial charge in [0.15, 0.2) is 0 Å². The molecular formula is C25H21NO5S2. The highest BCUT2D eigenvalue weighted by molar-refractivity contribution is 7.96. The highest BCUT2D eigenvalue weighted by atomic mass is 32.2. The maximum absolute atomic E-state index is 13.3. The lowest BCUT2D eigenvalue weighted by Gasteiger charge is -2.18. The first kappa shape index (κ1) is 22.8. The van der Waals surface area contributed by atoms with E-state index in [9.17, 15) is 21.6 Å². The van der Waals surface area contributed by atoms with E-state index in [0.29, 0.717) is 11.1 Å². The number of carbonyl (C=O) groups is 1. The quantitative estimate of drug-likeness (QED) is 0.554. The van der Waals surface area contributed by atoms with Gasteiger partial charge in [0.25, 0.3) is 10.0 Å². The normalized spacial score (nSPS) is 15.3. The maximum atomic E-state index is 13.3. The fraction of sp³-hybridized carbons (Fsp3) is 0.120. The van der Waals surface area contributed by atoms with E-state index >= 15 is 0 Å². The van der Waals surface area contributed by atoms with Gasteiger partial charge in [-0.05, 0) is 50.1 Å². The molecule has 0 aromatic heterocycles. The molecule has 0 heterocycles. The standard InChI is InChI=1S/C25H21NO5S2/c1-16-13-17(2)25(18(3)14-16)33(30,31)26-22-15-23(24(27)21-12-8-7-11-20(21)22)32(28,29)19-9-5-4-6-10-19/h4-15H,1-3H3. The number of allylic oxidation sites excluding steroid dienone is 2. The van der Waals surface area contributed by atoms with Gasteiger partial charge < -0.3 is 0 Å². The van der Waals surface area contributed by atoms with Crippen LogP contribution < -0.4 is 0 Å². The number of benzene rings is 3. The minimum atomic E-state index is -4.19. The molecule has 0 aliphatic heterocycles. The first-order chi connectivity index (χ1) is 15.5. The largest absolute Gasteiger partial charge is 0.288 e. The van der Waals surface area contributed by atoms with Gasteiger partial charge in [-0.1, -0.05) is 60.2 Å². The molecule has 0 amide bonds. The van der Waals surface area contributed by atoms with Crippen LogP contribution in [0.4, 0.5) is 0 Å². The third-order valence-electron chi connectivity index (χ3n) is 5.36. The second-order valence-electron chi connectivity index (χ2n) is 7.88. The first-order valence-corrected chi connectivity index (χ1v) is 13.0. The molecule has 0 bridgehead atoms. The topological polar surface area (TPSA) is 97.7 Å². The van der Waals surface area contributed by atoms with Gasteiger partial charge in [-0.3, -0.25) is 4.79 Å².